The Hall–Kier alpha value is -2.95. The highest BCUT2D eigenvalue weighted by molar-refractivity contribution is 5.71. The van der Waals surface area contributed by atoms with Crippen molar-refractivity contribution in [3.63, 3.8) is 0 Å². The van der Waals surface area contributed by atoms with Crippen LogP contribution in [0.25, 0.3) is 0 Å². The number of hydrazone groups is 1. The van der Waals surface area contributed by atoms with Gasteiger partial charge in [-0.2, -0.15) is 5.10 Å². The maximum absolute atomic E-state index is 6.56. The minimum Gasteiger partial charge on any atom is -0.319 e. The van der Waals surface area contributed by atoms with Crippen LogP contribution in [-0.4, -0.2) is 36.9 Å². The smallest absolute Gasteiger partial charge is 0.0947 e. The third-order valence-corrected chi connectivity index (χ3v) is 5.64. The summed E-state index contributed by atoms with van der Waals surface area (Å²) in [5.74, 6) is 0. The van der Waals surface area contributed by atoms with Crippen LogP contribution >= 0.6 is 0 Å². The number of nitrogens with two attached hydrogens (primary N) is 1. The molecule has 1 heterocycles. The molecule has 3 aromatic carbocycles. The Morgan fingerprint density at radius 2 is 1.31 bits per heavy atom. The number of likely N-dealkylation sites (N-methyl/N-ethyl adjacent to an activating group) is 1. The summed E-state index contributed by atoms with van der Waals surface area (Å²) in [6.45, 7) is 1.50. The number of benzene rings is 3. The molecular formula is C25H28N4. The van der Waals surface area contributed by atoms with Crippen molar-refractivity contribution in [2.45, 2.75) is 17.5 Å². The summed E-state index contributed by atoms with van der Waals surface area (Å²) in [6.07, 6.45) is 2.68. The maximum Gasteiger partial charge on any atom is 0.0947 e. The first-order chi connectivity index (χ1) is 14.1. The summed E-state index contributed by atoms with van der Waals surface area (Å²) in [6, 6.07) is 31.9. The highest BCUT2D eigenvalue weighted by atomic mass is 15.5. The zero-order valence-corrected chi connectivity index (χ0v) is 16.8. The lowest BCUT2D eigenvalue weighted by atomic mass is 9.76. The zero-order valence-electron chi connectivity index (χ0n) is 16.8. The van der Waals surface area contributed by atoms with Crippen LogP contribution in [0.15, 0.2) is 96.1 Å². The molecule has 3 aromatic rings. The Balaban J connectivity index is 1.75. The molecule has 0 aliphatic carbocycles. The van der Waals surface area contributed by atoms with E-state index in [0.717, 1.165) is 19.5 Å². The van der Waals surface area contributed by atoms with Gasteiger partial charge in [-0.3, -0.25) is 10.3 Å². The maximum atomic E-state index is 6.56. The third kappa shape index (κ3) is 3.95. The van der Waals surface area contributed by atoms with Gasteiger partial charge in [0.1, 0.15) is 0 Å². The summed E-state index contributed by atoms with van der Waals surface area (Å²) < 4.78 is 0. The number of hydrogen-bond donors (Lipinski definition) is 2. The van der Waals surface area contributed by atoms with E-state index in [4.69, 9.17) is 5.73 Å². The highest BCUT2D eigenvalue weighted by Gasteiger charge is 2.37. The Morgan fingerprint density at radius 1 is 0.862 bits per heavy atom. The van der Waals surface area contributed by atoms with Crippen molar-refractivity contribution < 1.29 is 0 Å². The van der Waals surface area contributed by atoms with Crippen LogP contribution in [0.1, 0.15) is 23.1 Å². The number of hydrogen-bond acceptors (Lipinski definition) is 4. The SMILES string of the molecule is CN1CC(N)(CCNC(c2ccccc2)(c2ccccc2)c2ccccc2)C=N1. The second kappa shape index (κ2) is 8.19. The molecule has 1 aliphatic heterocycles. The molecule has 0 radical (unpaired) electrons. The average Bonchev–Trinajstić information content (AvgIpc) is 3.12. The van der Waals surface area contributed by atoms with Crippen LogP contribution in [0.3, 0.4) is 0 Å². The van der Waals surface area contributed by atoms with E-state index in [0.29, 0.717) is 0 Å². The lowest BCUT2D eigenvalue weighted by Crippen LogP contribution is -2.51. The van der Waals surface area contributed by atoms with Crippen LogP contribution in [0.4, 0.5) is 0 Å². The Labute approximate surface area is 173 Å². The first-order valence-electron chi connectivity index (χ1n) is 10.1. The minimum atomic E-state index is -0.457. The Bertz CT molecular complexity index is 844. The van der Waals surface area contributed by atoms with Gasteiger partial charge in [0.05, 0.1) is 17.6 Å². The highest BCUT2D eigenvalue weighted by Crippen LogP contribution is 2.36. The van der Waals surface area contributed by atoms with Gasteiger partial charge < -0.3 is 5.73 Å². The van der Waals surface area contributed by atoms with E-state index in [1.807, 2.05) is 18.3 Å². The first kappa shape index (κ1) is 19.4. The summed E-state index contributed by atoms with van der Waals surface area (Å²) in [5.41, 5.74) is 9.33. The number of nitrogens with one attached hydrogen (secondary N) is 1. The molecule has 148 valence electrons. The van der Waals surface area contributed by atoms with E-state index in [1.165, 1.54) is 16.7 Å². The molecule has 0 amide bonds. The van der Waals surface area contributed by atoms with Crippen molar-refractivity contribution >= 4 is 6.21 Å². The molecule has 1 aliphatic rings. The van der Waals surface area contributed by atoms with Crippen LogP contribution in [0, 0.1) is 0 Å². The Morgan fingerprint density at radius 3 is 1.69 bits per heavy atom. The van der Waals surface area contributed by atoms with Crippen LogP contribution < -0.4 is 11.1 Å². The van der Waals surface area contributed by atoms with E-state index >= 15 is 0 Å². The van der Waals surface area contributed by atoms with Crippen molar-refractivity contribution in [2.75, 3.05) is 20.1 Å². The molecular weight excluding hydrogens is 356 g/mol. The van der Waals surface area contributed by atoms with Gasteiger partial charge in [-0.1, -0.05) is 91.0 Å². The van der Waals surface area contributed by atoms with Crippen LogP contribution in [-0.2, 0) is 5.54 Å². The van der Waals surface area contributed by atoms with E-state index in [9.17, 15) is 0 Å². The number of rotatable bonds is 7. The minimum absolute atomic E-state index is 0.405. The van der Waals surface area contributed by atoms with Gasteiger partial charge in [0.15, 0.2) is 0 Å². The van der Waals surface area contributed by atoms with Crippen LogP contribution in [0.5, 0.6) is 0 Å². The number of nitrogens with zero attached hydrogens (tertiary/aromatic N) is 2. The molecule has 0 aromatic heterocycles. The van der Waals surface area contributed by atoms with Gasteiger partial charge in [0.25, 0.3) is 0 Å². The van der Waals surface area contributed by atoms with Gasteiger partial charge in [0, 0.05) is 13.3 Å². The Kier molecular flexibility index (Phi) is 5.47. The lowest BCUT2D eigenvalue weighted by Gasteiger charge is -2.38. The average molecular weight is 385 g/mol. The topological polar surface area (TPSA) is 53.6 Å². The van der Waals surface area contributed by atoms with E-state index in [2.05, 4.69) is 101 Å². The molecule has 0 saturated heterocycles. The van der Waals surface area contributed by atoms with Crippen molar-refractivity contribution in [1.29, 1.82) is 0 Å². The molecule has 1 atom stereocenters. The van der Waals surface area contributed by atoms with E-state index < -0.39 is 11.1 Å². The normalized spacial score (nSPS) is 18.9. The molecule has 1 unspecified atom stereocenters. The molecule has 0 bridgehead atoms. The van der Waals surface area contributed by atoms with E-state index in [1.54, 1.807) is 0 Å². The quantitative estimate of drug-likeness (QED) is 0.612. The third-order valence-electron chi connectivity index (χ3n) is 5.64. The summed E-state index contributed by atoms with van der Waals surface area (Å²) in [4.78, 5) is 0. The first-order valence-corrected chi connectivity index (χ1v) is 10.1. The molecule has 4 rings (SSSR count). The lowest BCUT2D eigenvalue weighted by molar-refractivity contribution is 0.323. The monoisotopic (exact) mass is 384 g/mol. The fourth-order valence-electron chi connectivity index (χ4n) is 4.22. The van der Waals surface area contributed by atoms with Crippen molar-refractivity contribution in [2.24, 2.45) is 10.8 Å². The summed E-state index contributed by atoms with van der Waals surface area (Å²) >= 11 is 0. The fourth-order valence-corrected chi connectivity index (χ4v) is 4.22. The van der Waals surface area contributed by atoms with Gasteiger partial charge >= 0.3 is 0 Å². The predicted molar refractivity (Wildman–Crippen MR) is 120 cm³/mol. The van der Waals surface area contributed by atoms with Gasteiger partial charge in [0.2, 0.25) is 0 Å². The standard InChI is InChI=1S/C25H28N4/c1-29-20-24(26,19-28-29)17-18-27-25(21-11-5-2-6-12-21,22-13-7-3-8-14-22)23-15-9-4-10-16-23/h2-16,19,27H,17-18,20,26H2,1H3. The van der Waals surface area contributed by atoms with Crippen molar-refractivity contribution in [3.8, 4) is 0 Å². The van der Waals surface area contributed by atoms with Gasteiger partial charge in [-0.05, 0) is 29.7 Å². The molecule has 0 spiro atoms. The summed E-state index contributed by atoms with van der Waals surface area (Å²) in [5, 5.41) is 10.1. The van der Waals surface area contributed by atoms with Crippen molar-refractivity contribution in [1.82, 2.24) is 10.3 Å². The van der Waals surface area contributed by atoms with Gasteiger partial charge in [-0.15, -0.1) is 0 Å². The predicted octanol–water partition coefficient (Wildman–Crippen LogP) is 3.59. The molecule has 4 nitrogen and oxygen atoms in total. The van der Waals surface area contributed by atoms with Crippen LogP contribution in [0.2, 0.25) is 0 Å². The summed E-state index contributed by atoms with van der Waals surface area (Å²) in [7, 11) is 1.96. The second-order valence-electron chi connectivity index (χ2n) is 7.82. The molecule has 29 heavy (non-hydrogen) atoms. The molecule has 0 fully saturated rings. The molecule has 0 saturated carbocycles. The zero-order chi connectivity index (χ0) is 20.2. The largest absolute Gasteiger partial charge is 0.319 e. The molecule has 3 N–H and O–H groups in total. The van der Waals surface area contributed by atoms with Crippen molar-refractivity contribution in [3.05, 3.63) is 108 Å². The second-order valence-corrected chi connectivity index (χ2v) is 7.82. The van der Waals surface area contributed by atoms with E-state index in [-0.39, 0.29) is 0 Å². The fraction of sp³-hybridized carbons (Fsp3) is 0.240. The molecule has 4 heteroatoms. The van der Waals surface area contributed by atoms with Gasteiger partial charge in [-0.25, -0.2) is 0 Å².